The molecular formula is C19H21N3O7S. The van der Waals surface area contributed by atoms with Crippen molar-refractivity contribution in [2.45, 2.75) is 4.90 Å². The Bertz CT molecular complexity index is 1110. The van der Waals surface area contributed by atoms with Crippen molar-refractivity contribution in [2.24, 2.45) is 9.50 Å². The van der Waals surface area contributed by atoms with Crippen molar-refractivity contribution in [1.29, 1.82) is 0 Å². The zero-order valence-corrected chi connectivity index (χ0v) is 17.4. The molecule has 0 bridgehead atoms. The minimum atomic E-state index is -4.03. The van der Waals surface area contributed by atoms with Crippen LogP contribution in [0.3, 0.4) is 0 Å². The fourth-order valence-electron chi connectivity index (χ4n) is 2.90. The number of hydrogen-bond acceptors (Lipinski definition) is 9. The molecule has 3 rings (SSSR count). The van der Waals surface area contributed by atoms with Crippen molar-refractivity contribution in [2.75, 3.05) is 34.5 Å². The lowest BCUT2D eigenvalue weighted by molar-refractivity contribution is 0.254. The molecule has 0 atom stereocenters. The average molecular weight is 435 g/mol. The van der Waals surface area contributed by atoms with Crippen LogP contribution in [0, 0.1) is 0 Å². The van der Waals surface area contributed by atoms with Crippen LogP contribution in [0.25, 0.3) is 0 Å². The zero-order valence-electron chi connectivity index (χ0n) is 16.6. The van der Waals surface area contributed by atoms with Gasteiger partial charge in [-0.05, 0) is 29.8 Å². The van der Waals surface area contributed by atoms with Gasteiger partial charge in [0.1, 0.15) is 16.4 Å². The van der Waals surface area contributed by atoms with Gasteiger partial charge in [0.2, 0.25) is 0 Å². The van der Waals surface area contributed by atoms with Crippen LogP contribution in [-0.4, -0.2) is 70.2 Å². The Morgan fingerprint density at radius 1 is 1.10 bits per heavy atom. The highest BCUT2D eigenvalue weighted by atomic mass is 32.2. The van der Waals surface area contributed by atoms with Crippen LogP contribution < -0.4 is 14.2 Å². The summed E-state index contributed by atoms with van der Waals surface area (Å²) >= 11 is 0. The van der Waals surface area contributed by atoms with Crippen molar-refractivity contribution in [1.82, 2.24) is 5.01 Å². The predicted octanol–water partition coefficient (Wildman–Crippen LogP) is 1.20. The number of hydrogen-bond donors (Lipinski definition) is 2. The molecule has 0 saturated carbocycles. The fraction of sp³-hybridized carbons (Fsp3) is 0.263. The van der Waals surface area contributed by atoms with E-state index < -0.39 is 10.0 Å². The Hall–Kier alpha value is -3.31. The van der Waals surface area contributed by atoms with Crippen molar-refractivity contribution in [3.05, 3.63) is 41.5 Å². The van der Waals surface area contributed by atoms with Gasteiger partial charge >= 0.3 is 0 Å². The number of phenolic OH excluding ortho intramolecular Hbond substituents is 1. The average Bonchev–Trinajstić information content (AvgIpc) is 3.02. The Balaban J connectivity index is 2.06. The van der Waals surface area contributed by atoms with Crippen LogP contribution in [0.5, 0.6) is 23.0 Å². The molecule has 11 heteroatoms. The monoisotopic (exact) mass is 435 g/mol. The van der Waals surface area contributed by atoms with Crippen molar-refractivity contribution in [3.63, 3.8) is 0 Å². The number of nitrogens with zero attached hydrogens (tertiary/aromatic N) is 3. The topological polar surface area (TPSA) is 130 Å². The van der Waals surface area contributed by atoms with E-state index in [4.69, 9.17) is 14.2 Å². The van der Waals surface area contributed by atoms with Gasteiger partial charge in [-0.25, -0.2) is 5.01 Å². The first-order valence-corrected chi connectivity index (χ1v) is 10.2. The second kappa shape index (κ2) is 8.59. The number of phenols is 1. The van der Waals surface area contributed by atoms with Crippen LogP contribution in [0.15, 0.2) is 44.7 Å². The van der Waals surface area contributed by atoms with Gasteiger partial charge in [-0.3, -0.25) is 0 Å². The van der Waals surface area contributed by atoms with Crippen LogP contribution in [0.2, 0.25) is 0 Å². The van der Waals surface area contributed by atoms with Crippen molar-refractivity contribution < 1.29 is 32.8 Å². The number of methoxy groups -OCH3 is 3. The molecule has 0 radical (unpaired) electrons. The van der Waals surface area contributed by atoms with E-state index in [1.54, 1.807) is 12.1 Å². The standard InChI is InChI=1S/C19H21N3O7S/c1-27-13-9-14-18(17(10-13)29-3)30(25,26)21-19(14)22(6-7-23)20-11-12-4-5-15(24)16(8-12)28-2/h4-5,8-11,23-24H,6-7H2,1-3H3/b20-11+. The van der Waals surface area contributed by atoms with E-state index >= 15 is 0 Å². The summed E-state index contributed by atoms with van der Waals surface area (Å²) in [5.74, 6) is 0.735. The molecule has 1 aliphatic rings. The van der Waals surface area contributed by atoms with Gasteiger partial charge in [0.05, 0.1) is 40.7 Å². The van der Waals surface area contributed by atoms with Gasteiger partial charge in [0.25, 0.3) is 10.0 Å². The summed E-state index contributed by atoms with van der Waals surface area (Å²) in [7, 11) is 0.192. The summed E-state index contributed by atoms with van der Waals surface area (Å²) in [5, 5.41) is 24.7. The van der Waals surface area contributed by atoms with E-state index in [0.29, 0.717) is 11.3 Å². The first-order valence-electron chi connectivity index (χ1n) is 8.75. The van der Waals surface area contributed by atoms with Gasteiger partial charge in [0, 0.05) is 11.6 Å². The summed E-state index contributed by atoms with van der Waals surface area (Å²) in [5.41, 5.74) is 0.831. The van der Waals surface area contributed by atoms with Crippen LogP contribution >= 0.6 is 0 Å². The Morgan fingerprint density at radius 3 is 2.47 bits per heavy atom. The molecule has 2 aromatic carbocycles. The lowest BCUT2D eigenvalue weighted by Crippen LogP contribution is -2.29. The third-order valence-electron chi connectivity index (χ3n) is 4.30. The number of fused-ring (bicyclic) bond motifs is 1. The normalized spacial score (nSPS) is 14.3. The summed E-state index contributed by atoms with van der Waals surface area (Å²) < 4.78 is 44.7. The lowest BCUT2D eigenvalue weighted by Gasteiger charge is -2.18. The Labute approximate surface area is 173 Å². The maximum Gasteiger partial charge on any atom is 0.288 e. The number of hydrazone groups is 1. The second-order valence-electron chi connectivity index (χ2n) is 6.12. The third kappa shape index (κ3) is 4.02. The largest absolute Gasteiger partial charge is 0.504 e. The molecular weight excluding hydrogens is 414 g/mol. The second-order valence-corrected chi connectivity index (χ2v) is 7.66. The molecule has 0 aromatic heterocycles. The molecule has 1 heterocycles. The van der Waals surface area contributed by atoms with E-state index in [2.05, 4.69) is 9.50 Å². The van der Waals surface area contributed by atoms with Gasteiger partial charge in [-0.1, -0.05) is 0 Å². The molecule has 0 unspecified atom stereocenters. The molecule has 160 valence electrons. The lowest BCUT2D eigenvalue weighted by atomic mass is 10.1. The van der Waals surface area contributed by atoms with Crippen molar-refractivity contribution >= 4 is 22.1 Å². The minimum Gasteiger partial charge on any atom is -0.504 e. The predicted molar refractivity (Wildman–Crippen MR) is 109 cm³/mol. The molecule has 30 heavy (non-hydrogen) atoms. The van der Waals surface area contributed by atoms with Crippen LogP contribution in [0.4, 0.5) is 0 Å². The number of aliphatic hydroxyl groups excluding tert-OH is 1. The highest BCUT2D eigenvalue weighted by molar-refractivity contribution is 7.90. The van der Waals surface area contributed by atoms with Crippen molar-refractivity contribution in [3.8, 4) is 23.0 Å². The summed E-state index contributed by atoms with van der Waals surface area (Å²) in [4.78, 5) is -0.0924. The highest BCUT2D eigenvalue weighted by Gasteiger charge is 2.36. The van der Waals surface area contributed by atoms with Crippen LogP contribution in [-0.2, 0) is 10.0 Å². The molecule has 0 fully saturated rings. The van der Waals surface area contributed by atoms with E-state index in [0.717, 1.165) is 0 Å². The molecule has 0 spiro atoms. The summed E-state index contributed by atoms with van der Waals surface area (Å²) in [6, 6.07) is 7.58. The van der Waals surface area contributed by atoms with E-state index in [1.165, 1.54) is 50.8 Å². The number of amidine groups is 1. The number of ether oxygens (including phenoxy) is 3. The van der Waals surface area contributed by atoms with Gasteiger partial charge < -0.3 is 24.4 Å². The highest BCUT2D eigenvalue weighted by Crippen LogP contribution is 2.38. The van der Waals surface area contributed by atoms with E-state index in [-0.39, 0.29) is 46.7 Å². The SMILES string of the molecule is COc1cc(OC)c2c(c1)C(N(CCO)/N=C/c1ccc(O)c(OC)c1)=NS2(=O)=O. The molecule has 2 aromatic rings. The Kier molecular flexibility index (Phi) is 6.13. The Morgan fingerprint density at radius 2 is 1.83 bits per heavy atom. The third-order valence-corrected chi connectivity index (χ3v) is 5.65. The number of sulfonamides is 1. The van der Waals surface area contributed by atoms with E-state index in [1.807, 2.05) is 0 Å². The quantitative estimate of drug-likeness (QED) is 0.490. The van der Waals surface area contributed by atoms with Gasteiger partial charge in [-0.15, -0.1) is 4.40 Å². The molecule has 2 N–H and O–H groups in total. The maximum absolute atomic E-state index is 12.7. The molecule has 1 aliphatic heterocycles. The molecule has 0 saturated heterocycles. The minimum absolute atomic E-state index is 0.0148. The van der Waals surface area contributed by atoms with Gasteiger partial charge in [0.15, 0.2) is 17.3 Å². The van der Waals surface area contributed by atoms with Gasteiger partial charge in [-0.2, -0.15) is 13.5 Å². The molecule has 0 aliphatic carbocycles. The maximum atomic E-state index is 12.7. The summed E-state index contributed by atoms with van der Waals surface area (Å²) in [6.07, 6.45) is 1.43. The zero-order chi connectivity index (χ0) is 21.9. The van der Waals surface area contributed by atoms with E-state index in [9.17, 15) is 18.6 Å². The fourth-order valence-corrected chi connectivity index (χ4v) is 4.23. The first kappa shape index (κ1) is 21.4. The number of aromatic hydroxyl groups is 1. The number of benzene rings is 2. The molecule has 10 nitrogen and oxygen atoms in total. The molecule has 0 amide bonds. The number of aliphatic hydroxyl groups is 1. The first-order chi connectivity index (χ1) is 14.3. The number of rotatable bonds is 7. The van der Waals surface area contributed by atoms with Crippen LogP contribution in [0.1, 0.15) is 11.1 Å². The smallest absolute Gasteiger partial charge is 0.288 e. The summed E-state index contributed by atoms with van der Waals surface area (Å²) in [6.45, 7) is -0.315.